The van der Waals surface area contributed by atoms with Crippen molar-refractivity contribution in [3.05, 3.63) is 27.8 Å². The Bertz CT molecular complexity index is 414. The van der Waals surface area contributed by atoms with Crippen LogP contribution in [0.5, 0.6) is 0 Å². The van der Waals surface area contributed by atoms with Gasteiger partial charge < -0.3 is 9.04 Å². The molecule has 1 aromatic carbocycles. The van der Waals surface area contributed by atoms with E-state index in [2.05, 4.69) is 28.2 Å². The van der Waals surface area contributed by atoms with Crippen LogP contribution in [0.3, 0.4) is 0 Å². The summed E-state index contributed by atoms with van der Waals surface area (Å²) in [6.07, 6.45) is 0. The number of benzene rings is 1. The third-order valence-electron chi connectivity index (χ3n) is 1.10. The van der Waals surface area contributed by atoms with E-state index in [4.69, 9.17) is 0 Å². The van der Waals surface area contributed by atoms with Crippen molar-refractivity contribution >= 4 is 32.7 Å². The Kier molecular flexibility index (Phi) is 5.88. The molecule has 0 bridgehead atoms. The molecule has 6 heteroatoms. The Hall–Kier alpha value is -0.180. The SMILES string of the molecule is C[N+](C)(C)C.O=S(=O)([O-])c1ccc(I)cc1. The Morgan fingerprint density at radius 1 is 1.06 bits per heavy atom. The predicted molar refractivity (Wildman–Crippen MR) is 71.1 cm³/mol. The fourth-order valence-corrected chi connectivity index (χ4v) is 1.43. The first-order chi connectivity index (χ1) is 7.00. The number of hydrogen-bond donors (Lipinski definition) is 0. The molecule has 0 radical (unpaired) electrons. The maximum Gasteiger partial charge on any atom is 0.124 e. The normalized spacial score (nSPS) is 11.6. The lowest BCUT2D eigenvalue weighted by Crippen LogP contribution is -2.27. The van der Waals surface area contributed by atoms with Gasteiger partial charge in [-0.15, -0.1) is 0 Å². The highest BCUT2D eigenvalue weighted by Crippen LogP contribution is 2.10. The van der Waals surface area contributed by atoms with Crippen LogP contribution in [0.2, 0.25) is 0 Å². The van der Waals surface area contributed by atoms with Crippen molar-refractivity contribution in [1.82, 2.24) is 0 Å². The van der Waals surface area contributed by atoms with E-state index in [9.17, 15) is 13.0 Å². The molecule has 0 amide bonds. The lowest BCUT2D eigenvalue weighted by Gasteiger charge is -2.14. The maximum atomic E-state index is 10.4. The predicted octanol–water partition coefficient (Wildman–Crippen LogP) is 1.52. The molecular weight excluding hydrogens is 341 g/mol. The lowest BCUT2D eigenvalue weighted by molar-refractivity contribution is -0.849. The molecule has 0 saturated heterocycles. The van der Waals surface area contributed by atoms with Gasteiger partial charge in [0.1, 0.15) is 10.1 Å². The zero-order chi connectivity index (χ0) is 13.0. The third-order valence-corrected chi connectivity index (χ3v) is 2.67. The highest BCUT2D eigenvalue weighted by Gasteiger charge is 1.98. The minimum absolute atomic E-state index is 0.182. The smallest absolute Gasteiger partial charge is 0.124 e. The fraction of sp³-hybridized carbons (Fsp3) is 0.400. The van der Waals surface area contributed by atoms with Crippen LogP contribution in [0, 0.1) is 3.57 Å². The van der Waals surface area contributed by atoms with Crippen molar-refractivity contribution < 1.29 is 17.5 Å². The number of rotatable bonds is 1. The molecule has 0 saturated carbocycles. The van der Waals surface area contributed by atoms with E-state index in [1.54, 1.807) is 12.1 Å². The molecule has 1 aromatic rings. The molecule has 0 aliphatic heterocycles. The van der Waals surface area contributed by atoms with E-state index in [-0.39, 0.29) is 4.90 Å². The summed E-state index contributed by atoms with van der Waals surface area (Å²) in [5.41, 5.74) is 0. The maximum absolute atomic E-state index is 10.4. The van der Waals surface area contributed by atoms with Crippen LogP contribution in [-0.2, 0) is 10.1 Å². The summed E-state index contributed by atoms with van der Waals surface area (Å²) in [4.78, 5) is -0.182. The van der Waals surface area contributed by atoms with Crippen molar-refractivity contribution in [3.63, 3.8) is 0 Å². The first-order valence-electron chi connectivity index (χ1n) is 4.50. The van der Waals surface area contributed by atoms with Crippen LogP contribution in [0.4, 0.5) is 0 Å². The number of quaternary nitrogens is 1. The molecule has 0 unspecified atom stereocenters. The molecule has 0 atom stereocenters. The van der Waals surface area contributed by atoms with Crippen LogP contribution in [0.1, 0.15) is 0 Å². The van der Waals surface area contributed by atoms with Gasteiger partial charge in [-0.05, 0) is 46.9 Å². The molecule has 16 heavy (non-hydrogen) atoms. The molecule has 4 nitrogen and oxygen atoms in total. The van der Waals surface area contributed by atoms with Crippen molar-refractivity contribution in [2.75, 3.05) is 28.2 Å². The van der Waals surface area contributed by atoms with Crippen LogP contribution >= 0.6 is 22.6 Å². The number of nitrogens with zero attached hydrogens (tertiary/aromatic N) is 1. The Morgan fingerprint density at radius 2 is 1.38 bits per heavy atom. The summed E-state index contributed by atoms with van der Waals surface area (Å²) in [5, 5.41) is 0. The molecule has 92 valence electrons. The van der Waals surface area contributed by atoms with Gasteiger partial charge in [0.2, 0.25) is 0 Å². The molecular formula is C10H16INO3S. The highest BCUT2D eigenvalue weighted by atomic mass is 127. The van der Waals surface area contributed by atoms with Crippen LogP contribution in [-0.4, -0.2) is 45.6 Å². The van der Waals surface area contributed by atoms with E-state index in [0.29, 0.717) is 0 Å². The molecule has 0 aliphatic rings. The first kappa shape index (κ1) is 15.8. The Morgan fingerprint density at radius 3 is 1.62 bits per heavy atom. The third kappa shape index (κ3) is 9.08. The van der Waals surface area contributed by atoms with Gasteiger partial charge in [0.05, 0.1) is 33.1 Å². The number of halogens is 1. The van der Waals surface area contributed by atoms with Gasteiger partial charge in [-0.1, -0.05) is 0 Å². The van der Waals surface area contributed by atoms with E-state index in [0.717, 1.165) is 8.05 Å². The Balaban J connectivity index is 0.000000385. The summed E-state index contributed by atoms with van der Waals surface area (Å²) >= 11 is 2.03. The zero-order valence-electron chi connectivity index (χ0n) is 9.77. The summed E-state index contributed by atoms with van der Waals surface area (Å²) in [6, 6.07) is 5.74. The largest absolute Gasteiger partial charge is 0.744 e. The van der Waals surface area contributed by atoms with Crippen molar-refractivity contribution in [2.24, 2.45) is 0 Å². The van der Waals surface area contributed by atoms with Gasteiger partial charge in [-0.2, -0.15) is 0 Å². The average molecular weight is 357 g/mol. The molecule has 0 spiro atoms. The molecule has 0 aromatic heterocycles. The molecule has 0 N–H and O–H groups in total. The molecule has 0 aliphatic carbocycles. The lowest BCUT2D eigenvalue weighted by atomic mass is 10.4. The Labute approximate surface area is 111 Å². The van der Waals surface area contributed by atoms with E-state index in [1.807, 2.05) is 22.6 Å². The minimum atomic E-state index is -4.27. The number of hydrogen-bond acceptors (Lipinski definition) is 3. The molecule has 1 rings (SSSR count). The quantitative estimate of drug-likeness (QED) is 0.435. The van der Waals surface area contributed by atoms with Gasteiger partial charge in [0, 0.05) is 3.57 Å². The zero-order valence-corrected chi connectivity index (χ0v) is 12.7. The van der Waals surface area contributed by atoms with E-state index >= 15 is 0 Å². The topological polar surface area (TPSA) is 57.2 Å². The van der Waals surface area contributed by atoms with Crippen molar-refractivity contribution in [1.29, 1.82) is 0 Å². The van der Waals surface area contributed by atoms with E-state index in [1.165, 1.54) is 12.1 Å². The van der Waals surface area contributed by atoms with Crippen LogP contribution < -0.4 is 0 Å². The average Bonchev–Trinajstić information content (AvgIpc) is 1.99. The minimum Gasteiger partial charge on any atom is -0.744 e. The van der Waals surface area contributed by atoms with Gasteiger partial charge in [0.25, 0.3) is 0 Å². The molecule has 0 fully saturated rings. The van der Waals surface area contributed by atoms with Gasteiger partial charge in [0.15, 0.2) is 0 Å². The first-order valence-corrected chi connectivity index (χ1v) is 6.99. The van der Waals surface area contributed by atoms with Crippen LogP contribution in [0.25, 0.3) is 0 Å². The van der Waals surface area contributed by atoms with E-state index < -0.39 is 10.1 Å². The summed E-state index contributed by atoms with van der Waals surface area (Å²) < 4.78 is 33.1. The monoisotopic (exact) mass is 357 g/mol. The van der Waals surface area contributed by atoms with Gasteiger partial charge >= 0.3 is 0 Å². The summed E-state index contributed by atoms with van der Waals surface area (Å²) in [6.45, 7) is 0. The van der Waals surface area contributed by atoms with Crippen molar-refractivity contribution in [2.45, 2.75) is 4.90 Å². The fourth-order valence-electron chi connectivity index (χ4n) is 0.601. The molecule has 0 heterocycles. The standard InChI is InChI=1S/C6H5IO3S.C4H12N/c7-5-1-3-6(4-2-5)11(8,9)10;1-5(2,3)4/h1-4H,(H,8,9,10);1-4H3/q;+1/p-1. The second kappa shape index (κ2) is 5.95. The van der Waals surface area contributed by atoms with Gasteiger partial charge in [-0.25, -0.2) is 8.42 Å². The second-order valence-corrected chi connectivity index (χ2v) is 7.22. The van der Waals surface area contributed by atoms with Crippen LogP contribution in [0.15, 0.2) is 29.2 Å². The van der Waals surface area contributed by atoms with Gasteiger partial charge in [-0.3, -0.25) is 0 Å². The van der Waals surface area contributed by atoms with Crippen molar-refractivity contribution in [3.8, 4) is 0 Å². The highest BCUT2D eigenvalue weighted by molar-refractivity contribution is 14.1. The summed E-state index contributed by atoms with van der Waals surface area (Å²) in [7, 11) is 4.23. The summed E-state index contributed by atoms with van der Waals surface area (Å²) in [5.74, 6) is 0. The second-order valence-electron chi connectivity index (χ2n) is 4.59.